The van der Waals surface area contributed by atoms with Gasteiger partial charge in [-0.05, 0) is 31.2 Å². The van der Waals surface area contributed by atoms with E-state index in [4.69, 9.17) is 9.47 Å². The van der Waals surface area contributed by atoms with Crippen LogP contribution in [0.2, 0.25) is 0 Å². The summed E-state index contributed by atoms with van der Waals surface area (Å²) in [6.07, 6.45) is 1.70. The van der Waals surface area contributed by atoms with Crippen LogP contribution in [0.15, 0.2) is 54.0 Å². The van der Waals surface area contributed by atoms with Crippen LogP contribution in [-0.2, 0) is 4.79 Å². The fourth-order valence-corrected chi connectivity index (χ4v) is 2.83. The van der Waals surface area contributed by atoms with Gasteiger partial charge in [0.2, 0.25) is 0 Å². The van der Waals surface area contributed by atoms with E-state index in [0.717, 1.165) is 11.4 Å². The summed E-state index contributed by atoms with van der Waals surface area (Å²) in [6.45, 7) is 2.30. The first-order valence-electron chi connectivity index (χ1n) is 7.77. The van der Waals surface area contributed by atoms with Crippen molar-refractivity contribution in [2.45, 2.75) is 6.92 Å². The van der Waals surface area contributed by atoms with Gasteiger partial charge in [0.1, 0.15) is 5.69 Å². The lowest BCUT2D eigenvalue weighted by atomic mass is 10.3. The Morgan fingerprint density at radius 2 is 1.84 bits per heavy atom. The molecule has 0 bridgehead atoms. The zero-order chi connectivity index (χ0) is 17.5. The molecule has 1 amide bonds. The van der Waals surface area contributed by atoms with E-state index in [1.807, 2.05) is 42.6 Å². The second kappa shape index (κ2) is 8.25. The fraction of sp³-hybridized carbons (Fsp3) is 0.167. The van der Waals surface area contributed by atoms with Crippen LogP contribution in [0.3, 0.4) is 0 Å². The van der Waals surface area contributed by atoms with Crippen molar-refractivity contribution < 1.29 is 14.3 Å². The summed E-state index contributed by atoms with van der Waals surface area (Å²) in [6, 6.07) is 12.9. The van der Waals surface area contributed by atoms with E-state index >= 15 is 0 Å². The molecule has 0 aliphatic rings. The number of para-hydroxylation sites is 2. The van der Waals surface area contributed by atoms with E-state index in [0.29, 0.717) is 23.2 Å². The standard InChI is InChI=1S/C18H17N3O3S/c1-2-23-15-8-3-4-9-16(15)24-11-17(22)21-18-20-14(12-25-18)13-7-5-6-10-19-13/h3-10,12H,2,11H2,1H3,(H,20,21,22). The first-order chi connectivity index (χ1) is 12.3. The van der Waals surface area contributed by atoms with Gasteiger partial charge in [0.05, 0.1) is 12.3 Å². The summed E-state index contributed by atoms with van der Waals surface area (Å²) in [4.78, 5) is 20.7. The van der Waals surface area contributed by atoms with Crippen LogP contribution in [0.5, 0.6) is 11.5 Å². The van der Waals surface area contributed by atoms with Gasteiger partial charge in [-0.2, -0.15) is 0 Å². The van der Waals surface area contributed by atoms with Crippen molar-refractivity contribution >= 4 is 22.4 Å². The van der Waals surface area contributed by atoms with Crippen LogP contribution in [-0.4, -0.2) is 29.1 Å². The van der Waals surface area contributed by atoms with Crippen molar-refractivity contribution in [3.8, 4) is 22.9 Å². The summed E-state index contributed by atoms with van der Waals surface area (Å²) in [5.41, 5.74) is 1.49. The number of anilines is 1. The van der Waals surface area contributed by atoms with E-state index < -0.39 is 0 Å². The highest BCUT2D eigenvalue weighted by Gasteiger charge is 2.11. The van der Waals surface area contributed by atoms with Crippen molar-refractivity contribution in [2.24, 2.45) is 0 Å². The van der Waals surface area contributed by atoms with Crippen LogP contribution in [0.25, 0.3) is 11.4 Å². The molecule has 0 spiro atoms. The Kier molecular flexibility index (Phi) is 5.58. The van der Waals surface area contributed by atoms with Crippen molar-refractivity contribution in [1.82, 2.24) is 9.97 Å². The predicted octanol–water partition coefficient (Wildman–Crippen LogP) is 3.62. The number of amides is 1. The van der Waals surface area contributed by atoms with Crippen LogP contribution < -0.4 is 14.8 Å². The highest BCUT2D eigenvalue weighted by molar-refractivity contribution is 7.14. The molecule has 0 radical (unpaired) electrons. The summed E-state index contributed by atoms with van der Waals surface area (Å²) in [7, 11) is 0. The average Bonchev–Trinajstić information content (AvgIpc) is 3.10. The molecule has 2 aromatic heterocycles. The Labute approximate surface area is 149 Å². The summed E-state index contributed by atoms with van der Waals surface area (Å²) < 4.78 is 11.0. The van der Waals surface area contributed by atoms with Gasteiger partial charge in [-0.1, -0.05) is 18.2 Å². The van der Waals surface area contributed by atoms with E-state index in [9.17, 15) is 4.79 Å². The summed E-state index contributed by atoms with van der Waals surface area (Å²) in [5.74, 6) is 0.866. The van der Waals surface area contributed by atoms with Crippen LogP contribution >= 0.6 is 11.3 Å². The van der Waals surface area contributed by atoms with Gasteiger partial charge >= 0.3 is 0 Å². The first kappa shape index (κ1) is 16.9. The van der Waals surface area contributed by atoms with Crippen molar-refractivity contribution in [3.05, 3.63) is 54.0 Å². The third-order valence-electron chi connectivity index (χ3n) is 3.19. The summed E-state index contributed by atoms with van der Waals surface area (Å²) >= 11 is 1.34. The fourth-order valence-electron chi connectivity index (χ4n) is 2.11. The molecular formula is C18H17N3O3S. The molecule has 2 heterocycles. The largest absolute Gasteiger partial charge is 0.490 e. The number of nitrogens with zero attached hydrogens (tertiary/aromatic N) is 2. The molecule has 3 aromatic rings. The SMILES string of the molecule is CCOc1ccccc1OCC(=O)Nc1nc(-c2ccccn2)cs1. The molecule has 0 unspecified atom stereocenters. The number of ether oxygens (including phenoxy) is 2. The Morgan fingerprint density at radius 3 is 2.56 bits per heavy atom. The monoisotopic (exact) mass is 355 g/mol. The number of hydrogen-bond donors (Lipinski definition) is 1. The number of aromatic nitrogens is 2. The molecule has 0 atom stereocenters. The Morgan fingerprint density at radius 1 is 1.08 bits per heavy atom. The van der Waals surface area contributed by atoms with Crippen LogP contribution in [0.1, 0.15) is 6.92 Å². The van der Waals surface area contributed by atoms with E-state index in [2.05, 4.69) is 15.3 Å². The second-order valence-electron chi connectivity index (χ2n) is 4.97. The molecule has 0 saturated heterocycles. The number of carbonyl (C=O) groups excluding carboxylic acids is 1. The lowest BCUT2D eigenvalue weighted by Gasteiger charge is -2.10. The molecule has 0 saturated carbocycles. The van der Waals surface area contributed by atoms with Gasteiger partial charge in [-0.3, -0.25) is 15.1 Å². The zero-order valence-corrected chi connectivity index (χ0v) is 14.5. The minimum atomic E-state index is -0.284. The molecule has 128 valence electrons. The highest BCUT2D eigenvalue weighted by Crippen LogP contribution is 2.26. The molecule has 0 aliphatic heterocycles. The second-order valence-corrected chi connectivity index (χ2v) is 5.83. The topological polar surface area (TPSA) is 73.3 Å². The number of rotatable bonds is 7. The third-order valence-corrected chi connectivity index (χ3v) is 3.94. The van der Waals surface area contributed by atoms with Crippen molar-refractivity contribution in [1.29, 1.82) is 0 Å². The number of nitrogens with one attached hydrogen (secondary N) is 1. The zero-order valence-electron chi connectivity index (χ0n) is 13.6. The molecule has 1 aromatic carbocycles. The van der Waals surface area contributed by atoms with Crippen molar-refractivity contribution in [2.75, 3.05) is 18.5 Å². The summed E-state index contributed by atoms with van der Waals surface area (Å²) in [5, 5.41) is 5.09. The van der Waals surface area contributed by atoms with E-state index in [-0.39, 0.29) is 12.5 Å². The number of thiazole rings is 1. The molecule has 0 fully saturated rings. The smallest absolute Gasteiger partial charge is 0.264 e. The maximum Gasteiger partial charge on any atom is 0.264 e. The van der Waals surface area contributed by atoms with Gasteiger partial charge in [0, 0.05) is 11.6 Å². The Hall–Kier alpha value is -2.93. The number of pyridine rings is 1. The van der Waals surface area contributed by atoms with Crippen molar-refractivity contribution in [3.63, 3.8) is 0 Å². The molecule has 1 N–H and O–H groups in total. The molecule has 0 aliphatic carbocycles. The van der Waals surface area contributed by atoms with E-state index in [1.54, 1.807) is 18.3 Å². The number of benzene rings is 1. The molecule has 25 heavy (non-hydrogen) atoms. The minimum Gasteiger partial charge on any atom is -0.490 e. The molecular weight excluding hydrogens is 338 g/mol. The van der Waals surface area contributed by atoms with E-state index in [1.165, 1.54) is 11.3 Å². The number of carbonyl (C=O) groups is 1. The van der Waals surface area contributed by atoms with Gasteiger partial charge in [0.25, 0.3) is 5.91 Å². The third kappa shape index (κ3) is 4.54. The van der Waals surface area contributed by atoms with Crippen LogP contribution in [0.4, 0.5) is 5.13 Å². The minimum absolute atomic E-state index is 0.122. The molecule has 3 rings (SSSR count). The van der Waals surface area contributed by atoms with Crippen LogP contribution in [0, 0.1) is 0 Å². The first-order valence-corrected chi connectivity index (χ1v) is 8.65. The van der Waals surface area contributed by atoms with Gasteiger partial charge in [-0.15, -0.1) is 11.3 Å². The highest BCUT2D eigenvalue weighted by atomic mass is 32.1. The average molecular weight is 355 g/mol. The van der Waals surface area contributed by atoms with Gasteiger partial charge in [0.15, 0.2) is 23.2 Å². The molecule has 6 nitrogen and oxygen atoms in total. The lowest BCUT2D eigenvalue weighted by molar-refractivity contribution is -0.118. The Balaban J connectivity index is 1.58. The lowest BCUT2D eigenvalue weighted by Crippen LogP contribution is -2.20. The predicted molar refractivity (Wildman–Crippen MR) is 97.1 cm³/mol. The number of hydrogen-bond acceptors (Lipinski definition) is 6. The normalized spacial score (nSPS) is 10.3. The molecule has 7 heteroatoms. The maximum absolute atomic E-state index is 12.1. The Bertz CT molecular complexity index is 836. The van der Waals surface area contributed by atoms with Gasteiger partial charge < -0.3 is 9.47 Å². The van der Waals surface area contributed by atoms with Gasteiger partial charge in [-0.25, -0.2) is 4.98 Å². The quantitative estimate of drug-likeness (QED) is 0.701. The maximum atomic E-state index is 12.1.